The van der Waals surface area contributed by atoms with Crippen molar-refractivity contribution in [3.05, 3.63) is 35.4 Å². The molecule has 3 nitrogen and oxygen atoms in total. The Balaban J connectivity index is 2.15. The Bertz CT molecular complexity index is 432. The van der Waals surface area contributed by atoms with E-state index < -0.39 is 12.0 Å². The van der Waals surface area contributed by atoms with E-state index in [9.17, 15) is 9.90 Å². The number of esters is 1. The van der Waals surface area contributed by atoms with Gasteiger partial charge in [0.15, 0.2) is 0 Å². The summed E-state index contributed by atoms with van der Waals surface area (Å²) in [5, 5.41) is 10.4. The fraction of sp³-hybridized carbons (Fsp3) is 0.562. The second kappa shape index (κ2) is 5.74. The van der Waals surface area contributed by atoms with Crippen LogP contribution in [0.3, 0.4) is 0 Å². The second-order valence-corrected chi connectivity index (χ2v) is 5.68. The molecule has 1 aromatic rings. The van der Waals surface area contributed by atoms with Crippen molar-refractivity contribution in [2.75, 3.05) is 7.11 Å². The van der Waals surface area contributed by atoms with Gasteiger partial charge in [0.2, 0.25) is 0 Å². The number of aliphatic hydroxyl groups is 1. The lowest BCUT2D eigenvalue weighted by molar-refractivity contribution is -0.152. The molecule has 1 aliphatic carbocycles. The lowest BCUT2D eigenvalue weighted by Crippen LogP contribution is -2.28. The van der Waals surface area contributed by atoms with E-state index in [0.717, 1.165) is 5.56 Å². The van der Waals surface area contributed by atoms with Crippen molar-refractivity contribution >= 4 is 5.97 Å². The smallest absolute Gasteiger partial charge is 0.311 e. The molecule has 19 heavy (non-hydrogen) atoms. The molecule has 0 aromatic heterocycles. The third-order valence-electron chi connectivity index (χ3n) is 3.86. The first-order chi connectivity index (χ1) is 9.04. The zero-order valence-corrected chi connectivity index (χ0v) is 11.8. The van der Waals surface area contributed by atoms with Crippen LogP contribution >= 0.6 is 0 Å². The molecule has 2 unspecified atom stereocenters. The molecule has 2 rings (SSSR count). The quantitative estimate of drug-likeness (QED) is 0.830. The van der Waals surface area contributed by atoms with Gasteiger partial charge in [-0.2, -0.15) is 0 Å². The van der Waals surface area contributed by atoms with Crippen molar-refractivity contribution in [1.82, 2.24) is 0 Å². The molecule has 0 spiro atoms. The van der Waals surface area contributed by atoms with Crippen LogP contribution in [0, 0.1) is 11.8 Å². The Morgan fingerprint density at radius 2 is 1.84 bits per heavy atom. The van der Waals surface area contributed by atoms with Gasteiger partial charge in [0.1, 0.15) is 0 Å². The monoisotopic (exact) mass is 262 g/mol. The van der Waals surface area contributed by atoms with Gasteiger partial charge in [-0.15, -0.1) is 0 Å². The minimum atomic E-state index is -0.805. The standard InChI is InChI=1S/C16H22O3/c1-10(2)14(16(18)19-3)15(17)13-8-6-12(7-9-13)11-4-5-11/h6-11,14-15,17H,4-5H2,1-3H3. The maximum absolute atomic E-state index is 11.8. The lowest BCUT2D eigenvalue weighted by Gasteiger charge is -2.24. The minimum Gasteiger partial charge on any atom is -0.469 e. The molecule has 0 heterocycles. The third-order valence-corrected chi connectivity index (χ3v) is 3.86. The molecule has 0 bridgehead atoms. The van der Waals surface area contributed by atoms with Crippen molar-refractivity contribution in [3.8, 4) is 0 Å². The van der Waals surface area contributed by atoms with Crippen LogP contribution in [0.1, 0.15) is 49.8 Å². The molecular formula is C16H22O3. The molecule has 3 heteroatoms. The Kier molecular flexibility index (Phi) is 4.25. The van der Waals surface area contributed by atoms with Gasteiger partial charge >= 0.3 is 5.97 Å². The van der Waals surface area contributed by atoms with Gasteiger partial charge in [0, 0.05) is 0 Å². The highest BCUT2D eigenvalue weighted by atomic mass is 16.5. The first kappa shape index (κ1) is 14.1. The molecule has 0 saturated heterocycles. The van der Waals surface area contributed by atoms with Crippen LogP contribution in [0.2, 0.25) is 0 Å². The summed E-state index contributed by atoms with van der Waals surface area (Å²) in [6.45, 7) is 3.84. The fourth-order valence-corrected chi connectivity index (χ4v) is 2.49. The van der Waals surface area contributed by atoms with Gasteiger partial charge in [-0.25, -0.2) is 0 Å². The van der Waals surface area contributed by atoms with Gasteiger partial charge in [-0.1, -0.05) is 38.1 Å². The molecule has 104 valence electrons. The van der Waals surface area contributed by atoms with Crippen molar-refractivity contribution < 1.29 is 14.6 Å². The summed E-state index contributed by atoms with van der Waals surface area (Å²) in [5.41, 5.74) is 2.11. The van der Waals surface area contributed by atoms with E-state index in [-0.39, 0.29) is 11.9 Å². The predicted molar refractivity (Wildman–Crippen MR) is 73.7 cm³/mol. The SMILES string of the molecule is COC(=O)C(C(C)C)C(O)c1ccc(C2CC2)cc1. The second-order valence-electron chi connectivity index (χ2n) is 5.68. The number of ether oxygens (including phenoxy) is 1. The average Bonchev–Trinajstić information content (AvgIpc) is 3.22. The minimum absolute atomic E-state index is 0.0329. The molecule has 1 N–H and O–H groups in total. The number of aliphatic hydroxyl groups excluding tert-OH is 1. The summed E-state index contributed by atoms with van der Waals surface area (Å²) in [7, 11) is 1.36. The number of carbonyl (C=O) groups excluding carboxylic acids is 1. The van der Waals surface area contributed by atoms with Gasteiger partial charge < -0.3 is 9.84 Å². The highest BCUT2D eigenvalue weighted by Gasteiger charge is 2.32. The van der Waals surface area contributed by atoms with Crippen LogP contribution in [0.15, 0.2) is 24.3 Å². The van der Waals surface area contributed by atoms with Crippen LogP contribution in [-0.4, -0.2) is 18.2 Å². The molecule has 2 atom stereocenters. The Labute approximate surface area is 114 Å². The van der Waals surface area contributed by atoms with Crippen LogP contribution in [0.25, 0.3) is 0 Å². The number of carbonyl (C=O) groups is 1. The largest absolute Gasteiger partial charge is 0.469 e. The van der Waals surface area contributed by atoms with Crippen LogP contribution < -0.4 is 0 Å². The molecular weight excluding hydrogens is 240 g/mol. The Morgan fingerprint density at radius 1 is 1.26 bits per heavy atom. The van der Waals surface area contributed by atoms with Gasteiger partial charge in [-0.3, -0.25) is 4.79 Å². The number of hydrogen-bond acceptors (Lipinski definition) is 3. The van der Waals surface area contributed by atoms with Crippen molar-refractivity contribution in [2.45, 2.75) is 38.7 Å². The first-order valence-corrected chi connectivity index (χ1v) is 6.90. The molecule has 1 aromatic carbocycles. The highest BCUT2D eigenvalue weighted by Crippen LogP contribution is 2.40. The maximum Gasteiger partial charge on any atom is 0.311 e. The number of benzene rings is 1. The van der Waals surface area contributed by atoms with Crippen molar-refractivity contribution in [2.24, 2.45) is 11.8 Å². The first-order valence-electron chi connectivity index (χ1n) is 6.90. The molecule has 0 aliphatic heterocycles. The highest BCUT2D eigenvalue weighted by molar-refractivity contribution is 5.73. The summed E-state index contributed by atoms with van der Waals surface area (Å²) < 4.78 is 4.79. The third kappa shape index (κ3) is 3.16. The Morgan fingerprint density at radius 3 is 2.26 bits per heavy atom. The van der Waals surface area contributed by atoms with E-state index >= 15 is 0 Å². The van der Waals surface area contributed by atoms with E-state index in [1.807, 2.05) is 26.0 Å². The Hall–Kier alpha value is -1.35. The lowest BCUT2D eigenvalue weighted by atomic mass is 9.86. The van der Waals surface area contributed by atoms with E-state index in [1.165, 1.54) is 25.5 Å². The topological polar surface area (TPSA) is 46.5 Å². The van der Waals surface area contributed by atoms with Crippen molar-refractivity contribution in [3.63, 3.8) is 0 Å². The van der Waals surface area contributed by atoms with E-state index in [0.29, 0.717) is 5.92 Å². The van der Waals surface area contributed by atoms with E-state index in [1.54, 1.807) is 0 Å². The summed E-state index contributed by atoms with van der Waals surface area (Å²) in [5.74, 6) is -0.135. The van der Waals surface area contributed by atoms with Gasteiger partial charge in [-0.05, 0) is 35.8 Å². The van der Waals surface area contributed by atoms with E-state index in [2.05, 4.69) is 12.1 Å². The normalized spacial score (nSPS) is 18.2. The van der Waals surface area contributed by atoms with Gasteiger partial charge in [0.05, 0.1) is 19.1 Å². The van der Waals surface area contributed by atoms with Crippen LogP contribution in [0.4, 0.5) is 0 Å². The summed E-state index contributed by atoms with van der Waals surface area (Å²) in [4.78, 5) is 11.8. The van der Waals surface area contributed by atoms with Crippen LogP contribution in [-0.2, 0) is 9.53 Å². The summed E-state index contributed by atoms with van der Waals surface area (Å²) in [6, 6.07) is 7.98. The zero-order valence-electron chi connectivity index (χ0n) is 11.8. The van der Waals surface area contributed by atoms with E-state index in [4.69, 9.17) is 4.74 Å². The van der Waals surface area contributed by atoms with Gasteiger partial charge in [0.25, 0.3) is 0 Å². The van der Waals surface area contributed by atoms with Crippen LogP contribution in [0.5, 0.6) is 0 Å². The van der Waals surface area contributed by atoms with Crippen molar-refractivity contribution in [1.29, 1.82) is 0 Å². The number of rotatable bonds is 5. The summed E-state index contributed by atoms with van der Waals surface area (Å²) in [6.07, 6.45) is 1.72. The average molecular weight is 262 g/mol. The fourth-order valence-electron chi connectivity index (χ4n) is 2.49. The molecule has 1 fully saturated rings. The zero-order chi connectivity index (χ0) is 14.0. The molecule has 0 radical (unpaired) electrons. The number of methoxy groups -OCH3 is 1. The molecule has 1 saturated carbocycles. The predicted octanol–water partition coefficient (Wildman–Crippen LogP) is 3.04. The molecule has 0 amide bonds. The maximum atomic E-state index is 11.8. The summed E-state index contributed by atoms with van der Waals surface area (Å²) >= 11 is 0. The number of hydrogen-bond donors (Lipinski definition) is 1. The molecule has 1 aliphatic rings.